The van der Waals surface area contributed by atoms with Gasteiger partial charge in [-0.3, -0.25) is 0 Å². The Kier molecular flexibility index (Phi) is 6.77. The topological polar surface area (TPSA) is 71.1 Å². The maximum atomic E-state index is 11.8. The zero-order chi connectivity index (χ0) is 13.4. The molecule has 1 unspecified atom stereocenters. The van der Waals surface area contributed by atoms with Crippen LogP contribution in [-0.4, -0.2) is 32.2 Å². The van der Waals surface area contributed by atoms with Crippen molar-refractivity contribution in [3.05, 3.63) is 16.6 Å². The third-order valence-electron chi connectivity index (χ3n) is 2.37. The lowest BCUT2D eigenvalue weighted by molar-refractivity contribution is 0.560. The fraction of sp³-hybridized carbons (Fsp3) is 0.727. The second-order valence-corrected chi connectivity index (χ2v) is 6.93. The summed E-state index contributed by atoms with van der Waals surface area (Å²) in [5.74, 6) is 0.152. The molecule has 1 heterocycles. The van der Waals surface area contributed by atoms with Gasteiger partial charge < -0.3 is 5.32 Å². The molecule has 0 radical (unpaired) electrons. The molecule has 0 aromatic carbocycles. The van der Waals surface area contributed by atoms with Gasteiger partial charge in [-0.05, 0) is 32.9 Å². The molecule has 0 saturated heterocycles. The van der Waals surface area contributed by atoms with Gasteiger partial charge in [0, 0.05) is 11.6 Å². The first kappa shape index (κ1) is 15.6. The zero-order valence-corrected chi connectivity index (χ0v) is 12.5. The van der Waals surface area contributed by atoms with E-state index in [0.717, 1.165) is 24.5 Å². The first-order valence-electron chi connectivity index (χ1n) is 6.15. The third kappa shape index (κ3) is 5.90. The average Bonchev–Trinajstić information content (AvgIpc) is 2.81. The van der Waals surface area contributed by atoms with Crippen LogP contribution in [0.25, 0.3) is 0 Å². The SMILES string of the molecule is CCCNCCCS(=O)(=O)NC(C)c1nccs1. The molecule has 0 spiro atoms. The molecule has 1 rings (SSSR count). The van der Waals surface area contributed by atoms with E-state index in [0.29, 0.717) is 6.42 Å². The van der Waals surface area contributed by atoms with E-state index in [1.165, 1.54) is 11.3 Å². The minimum absolute atomic E-state index is 0.152. The van der Waals surface area contributed by atoms with Crippen molar-refractivity contribution in [2.24, 2.45) is 0 Å². The summed E-state index contributed by atoms with van der Waals surface area (Å²) in [7, 11) is -3.22. The van der Waals surface area contributed by atoms with Crippen molar-refractivity contribution >= 4 is 21.4 Å². The van der Waals surface area contributed by atoms with Gasteiger partial charge in [0.15, 0.2) is 0 Å². The van der Waals surface area contributed by atoms with Gasteiger partial charge in [-0.2, -0.15) is 0 Å². The molecule has 5 nitrogen and oxygen atoms in total. The van der Waals surface area contributed by atoms with Crippen molar-refractivity contribution < 1.29 is 8.42 Å². The molecule has 2 N–H and O–H groups in total. The van der Waals surface area contributed by atoms with Crippen LogP contribution in [0.5, 0.6) is 0 Å². The molecular formula is C11H21N3O2S2. The molecular weight excluding hydrogens is 270 g/mol. The number of nitrogens with one attached hydrogen (secondary N) is 2. The number of thiazole rings is 1. The van der Waals surface area contributed by atoms with Gasteiger partial charge in [-0.1, -0.05) is 6.92 Å². The Morgan fingerprint density at radius 3 is 2.83 bits per heavy atom. The number of nitrogens with zero attached hydrogens (tertiary/aromatic N) is 1. The van der Waals surface area contributed by atoms with E-state index in [2.05, 4.69) is 21.9 Å². The standard InChI is InChI=1S/C11H21N3O2S2/c1-3-5-12-6-4-9-18(15,16)14-10(2)11-13-7-8-17-11/h7-8,10,12,14H,3-6,9H2,1-2H3. The second-order valence-electron chi connectivity index (χ2n) is 4.13. The quantitative estimate of drug-likeness (QED) is 0.677. The molecule has 0 bridgehead atoms. The molecule has 7 heteroatoms. The van der Waals surface area contributed by atoms with Crippen LogP contribution in [0.15, 0.2) is 11.6 Å². The van der Waals surface area contributed by atoms with E-state index in [1.54, 1.807) is 6.20 Å². The van der Waals surface area contributed by atoms with E-state index < -0.39 is 10.0 Å². The first-order chi connectivity index (χ1) is 8.55. The third-order valence-corrected chi connectivity index (χ3v) is 4.87. The smallest absolute Gasteiger partial charge is 0.212 e. The Morgan fingerprint density at radius 2 is 2.22 bits per heavy atom. The summed E-state index contributed by atoms with van der Waals surface area (Å²) >= 11 is 1.46. The van der Waals surface area contributed by atoms with E-state index in [9.17, 15) is 8.42 Å². The van der Waals surface area contributed by atoms with Crippen LogP contribution in [0.2, 0.25) is 0 Å². The van der Waals surface area contributed by atoms with Crippen LogP contribution in [0.1, 0.15) is 37.7 Å². The van der Waals surface area contributed by atoms with Gasteiger partial charge in [-0.15, -0.1) is 11.3 Å². The summed E-state index contributed by atoms with van der Waals surface area (Å²) in [4.78, 5) is 4.10. The Morgan fingerprint density at radius 1 is 1.44 bits per heavy atom. The summed E-state index contributed by atoms with van der Waals surface area (Å²) in [6, 6.07) is -0.251. The fourth-order valence-corrected chi connectivity index (χ4v) is 3.53. The van der Waals surface area contributed by atoms with Crippen LogP contribution in [0.4, 0.5) is 0 Å². The lowest BCUT2D eigenvalue weighted by Crippen LogP contribution is -2.30. The lowest BCUT2D eigenvalue weighted by atomic mass is 10.4. The maximum absolute atomic E-state index is 11.8. The van der Waals surface area contributed by atoms with Gasteiger partial charge in [-0.25, -0.2) is 18.1 Å². The molecule has 104 valence electrons. The number of hydrogen-bond donors (Lipinski definition) is 2. The van der Waals surface area contributed by atoms with Crippen LogP contribution in [0.3, 0.4) is 0 Å². The first-order valence-corrected chi connectivity index (χ1v) is 8.68. The molecule has 18 heavy (non-hydrogen) atoms. The largest absolute Gasteiger partial charge is 0.317 e. The van der Waals surface area contributed by atoms with Crippen molar-refractivity contribution in [1.29, 1.82) is 0 Å². The highest BCUT2D eigenvalue weighted by Gasteiger charge is 2.16. The highest BCUT2D eigenvalue weighted by atomic mass is 32.2. The van der Waals surface area contributed by atoms with Gasteiger partial charge in [0.2, 0.25) is 10.0 Å². The fourth-order valence-electron chi connectivity index (χ4n) is 1.52. The summed E-state index contributed by atoms with van der Waals surface area (Å²) in [6.45, 7) is 5.57. The predicted octanol–water partition coefficient (Wildman–Crippen LogP) is 1.51. The maximum Gasteiger partial charge on any atom is 0.212 e. The second kappa shape index (κ2) is 7.83. The van der Waals surface area contributed by atoms with Crippen molar-refractivity contribution in [2.75, 3.05) is 18.8 Å². The molecule has 1 aromatic heterocycles. The van der Waals surface area contributed by atoms with E-state index >= 15 is 0 Å². The minimum atomic E-state index is -3.22. The molecule has 0 aliphatic rings. The predicted molar refractivity (Wildman–Crippen MR) is 75.2 cm³/mol. The van der Waals surface area contributed by atoms with Gasteiger partial charge in [0.05, 0.1) is 11.8 Å². The Balaban J connectivity index is 2.31. The highest BCUT2D eigenvalue weighted by Crippen LogP contribution is 2.15. The van der Waals surface area contributed by atoms with Crippen molar-refractivity contribution in [1.82, 2.24) is 15.0 Å². The monoisotopic (exact) mass is 291 g/mol. The van der Waals surface area contributed by atoms with E-state index in [1.807, 2.05) is 12.3 Å². The summed E-state index contributed by atoms with van der Waals surface area (Å²) in [5.41, 5.74) is 0. The normalized spacial score (nSPS) is 13.7. The van der Waals surface area contributed by atoms with Crippen molar-refractivity contribution in [2.45, 2.75) is 32.7 Å². The van der Waals surface area contributed by atoms with Crippen molar-refractivity contribution in [3.8, 4) is 0 Å². The van der Waals surface area contributed by atoms with Gasteiger partial charge >= 0.3 is 0 Å². The number of sulfonamides is 1. The summed E-state index contributed by atoms with van der Waals surface area (Å²) < 4.78 is 26.3. The highest BCUT2D eigenvalue weighted by molar-refractivity contribution is 7.89. The average molecular weight is 291 g/mol. The number of rotatable bonds is 9. The molecule has 1 atom stereocenters. The Bertz CT molecular complexity index is 418. The Hall–Kier alpha value is -0.500. The summed E-state index contributed by atoms with van der Waals surface area (Å²) in [6.07, 6.45) is 3.37. The molecule has 0 saturated carbocycles. The van der Waals surface area contributed by atoms with Gasteiger partial charge in [0.25, 0.3) is 0 Å². The van der Waals surface area contributed by atoms with Crippen LogP contribution < -0.4 is 10.0 Å². The molecule has 0 aliphatic heterocycles. The van der Waals surface area contributed by atoms with Crippen LogP contribution in [0, 0.1) is 0 Å². The summed E-state index contributed by atoms with van der Waals surface area (Å²) in [5, 5.41) is 5.82. The Labute approximate surface area is 113 Å². The lowest BCUT2D eigenvalue weighted by Gasteiger charge is -2.11. The van der Waals surface area contributed by atoms with E-state index in [4.69, 9.17) is 0 Å². The van der Waals surface area contributed by atoms with Crippen LogP contribution >= 0.6 is 11.3 Å². The number of hydrogen-bond acceptors (Lipinski definition) is 5. The van der Waals surface area contributed by atoms with E-state index in [-0.39, 0.29) is 11.8 Å². The van der Waals surface area contributed by atoms with Crippen molar-refractivity contribution in [3.63, 3.8) is 0 Å². The molecule has 0 fully saturated rings. The molecule has 1 aromatic rings. The molecule has 0 aliphatic carbocycles. The zero-order valence-electron chi connectivity index (χ0n) is 10.8. The van der Waals surface area contributed by atoms with Crippen LogP contribution in [-0.2, 0) is 10.0 Å². The minimum Gasteiger partial charge on any atom is -0.317 e. The molecule has 0 amide bonds. The van der Waals surface area contributed by atoms with Gasteiger partial charge in [0.1, 0.15) is 5.01 Å². The number of aromatic nitrogens is 1.